The Morgan fingerprint density at radius 1 is 1.03 bits per heavy atom. The van der Waals surface area contributed by atoms with E-state index in [-0.39, 0.29) is 18.3 Å². The number of hydrogen-bond acceptors (Lipinski definition) is 5. The molecule has 180 valence electrons. The molecular formula is C26H29Cl2N3O2S. The summed E-state index contributed by atoms with van der Waals surface area (Å²) in [6.45, 7) is 7.46. The van der Waals surface area contributed by atoms with Crippen LogP contribution in [0, 0.1) is 0 Å². The second-order valence-electron chi connectivity index (χ2n) is 7.81. The smallest absolute Gasteiger partial charge is 0.233 e. The lowest BCUT2D eigenvalue weighted by Crippen LogP contribution is -2.39. The van der Waals surface area contributed by atoms with Crippen LogP contribution in [0.15, 0.2) is 54.6 Å². The standard InChI is InChI=1S/C26H28ClN3O2S.ClH/c1-4-29(5-2)15-16-30(26-28-24-22(32-3)14-13-21(27)25(24)33-26)23(31)17-19-11-8-10-18-9-6-7-12-20(18)19;/h6-14H,4-5,15-17H2,1-3H3;1H. The van der Waals surface area contributed by atoms with E-state index in [1.807, 2.05) is 36.4 Å². The van der Waals surface area contributed by atoms with Gasteiger partial charge in [-0.25, -0.2) is 4.98 Å². The highest BCUT2D eigenvalue weighted by molar-refractivity contribution is 7.23. The summed E-state index contributed by atoms with van der Waals surface area (Å²) in [7, 11) is 1.62. The van der Waals surface area contributed by atoms with Crippen molar-refractivity contribution in [2.24, 2.45) is 0 Å². The fraction of sp³-hybridized carbons (Fsp3) is 0.308. The predicted molar refractivity (Wildman–Crippen MR) is 146 cm³/mol. The lowest BCUT2D eigenvalue weighted by atomic mass is 10.0. The van der Waals surface area contributed by atoms with Crippen molar-refractivity contribution in [3.63, 3.8) is 0 Å². The van der Waals surface area contributed by atoms with E-state index in [9.17, 15) is 4.79 Å². The molecule has 0 aliphatic carbocycles. The first-order valence-corrected chi connectivity index (χ1v) is 12.4. The van der Waals surface area contributed by atoms with Crippen LogP contribution < -0.4 is 9.64 Å². The molecule has 4 aromatic rings. The minimum atomic E-state index is 0. The van der Waals surface area contributed by atoms with E-state index >= 15 is 0 Å². The van der Waals surface area contributed by atoms with Gasteiger partial charge in [0.15, 0.2) is 5.13 Å². The second-order valence-corrected chi connectivity index (χ2v) is 9.20. The Labute approximate surface area is 215 Å². The summed E-state index contributed by atoms with van der Waals surface area (Å²) >= 11 is 7.89. The Hall–Kier alpha value is -2.38. The minimum absolute atomic E-state index is 0. The van der Waals surface area contributed by atoms with Crippen molar-refractivity contribution in [3.05, 3.63) is 65.2 Å². The Bertz CT molecular complexity index is 1270. The molecule has 34 heavy (non-hydrogen) atoms. The van der Waals surface area contributed by atoms with Crippen LogP contribution in [-0.2, 0) is 11.2 Å². The zero-order valence-corrected chi connectivity index (χ0v) is 22.0. The number of fused-ring (bicyclic) bond motifs is 2. The fourth-order valence-electron chi connectivity index (χ4n) is 4.03. The number of halogens is 2. The molecule has 0 saturated carbocycles. The molecule has 4 rings (SSSR count). The van der Waals surface area contributed by atoms with Crippen LogP contribution in [0.25, 0.3) is 21.0 Å². The molecular weight excluding hydrogens is 489 g/mol. The van der Waals surface area contributed by atoms with Crippen LogP contribution in [0.3, 0.4) is 0 Å². The van der Waals surface area contributed by atoms with E-state index in [4.69, 9.17) is 21.3 Å². The molecule has 0 N–H and O–H groups in total. The third-order valence-electron chi connectivity index (χ3n) is 5.95. The molecule has 1 amide bonds. The maximum atomic E-state index is 13.7. The average Bonchev–Trinajstić information content (AvgIpc) is 3.28. The van der Waals surface area contributed by atoms with E-state index in [0.717, 1.165) is 40.7 Å². The number of anilines is 1. The first-order valence-electron chi connectivity index (χ1n) is 11.2. The third kappa shape index (κ3) is 5.47. The number of nitrogens with zero attached hydrogens (tertiary/aromatic N) is 3. The molecule has 3 aromatic carbocycles. The van der Waals surface area contributed by atoms with E-state index in [1.165, 1.54) is 11.3 Å². The van der Waals surface area contributed by atoms with Crippen LogP contribution in [0.5, 0.6) is 5.75 Å². The Kier molecular flexibility index (Phi) is 9.14. The van der Waals surface area contributed by atoms with E-state index in [2.05, 4.69) is 36.9 Å². The number of amides is 1. The number of carbonyl (C=O) groups excluding carboxylic acids is 1. The Morgan fingerprint density at radius 3 is 2.50 bits per heavy atom. The van der Waals surface area contributed by atoms with Crippen LogP contribution in [-0.4, -0.2) is 49.1 Å². The molecule has 0 unspecified atom stereocenters. The SMILES string of the molecule is CCN(CC)CCN(C(=O)Cc1cccc2ccccc12)c1nc2c(OC)ccc(Cl)c2s1.Cl. The van der Waals surface area contributed by atoms with Crippen LogP contribution >= 0.6 is 35.3 Å². The Balaban J connectivity index is 0.00000324. The molecule has 0 aliphatic rings. The van der Waals surface area contributed by atoms with Gasteiger partial charge < -0.3 is 9.64 Å². The van der Waals surface area contributed by atoms with Crippen molar-refractivity contribution < 1.29 is 9.53 Å². The molecule has 0 atom stereocenters. The summed E-state index contributed by atoms with van der Waals surface area (Å²) in [6, 6.07) is 17.9. The highest BCUT2D eigenvalue weighted by Crippen LogP contribution is 2.39. The van der Waals surface area contributed by atoms with Gasteiger partial charge in [-0.2, -0.15) is 0 Å². The van der Waals surface area contributed by atoms with Gasteiger partial charge in [-0.15, -0.1) is 12.4 Å². The van der Waals surface area contributed by atoms with Crippen molar-refractivity contribution in [3.8, 4) is 5.75 Å². The Morgan fingerprint density at radius 2 is 1.76 bits per heavy atom. The molecule has 0 bridgehead atoms. The number of rotatable bonds is 9. The van der Waals surface area contributed by atoms with Crippen molar-refractivity contribution in [2.75, 3.05) is 38.2 Å². The number of benzene rings is 3. The van der Waals surface area contributed by atoms with E-state index < -0.39 is 0 Å². The number of likely N-dealkylation sites (N-methyl/N-ethyl adjacent to an activating group) is 1. The van der Waals surface area contributed by atoms with Crippen molar-refractivity contribution in [2.45, 2.75) is 20.3 Å². The van der Waals surface area contributed by atoms with Gasteiger partial charge in [-0.3, -0.25) is 9.69 Å². The first-order chi connectivity index (χ1) is 16.0. The monoisotopic (exact) mass is 517 g/mol. The van der Waals surface area contributed by atoms with Crippen molar-refractivity contribution in [1.29, 1.82) is 0 Å². The molecule has 0 aliphatic heterocycles. The zero-order chi connectivity index (χ0) is 23.4. The van der Waals surface area contributed by atoms with Gasteiger partial charge in [-0.1, -0.05) is 79.2 Å². The molecule has 1 heterocycles. The number of ether oxygens (including phenoxy) is 1. The maximum Gasteiger partial charge on any atom is 0.233 e. The lowest BCUT2D eigenvalue weighted by molar-refractivity contribution is -0.118. The molecule has 1 aromatic heterocycles. The number of thiazole rings is 1. The summed E-state index contributed by atoms with van der Waals surface area (Å²) in [4.78, 5) is 22.6. The van der Waals surface area contributed by atoms with Gasteiger partial charge in [0.2, 0.25) is 5.91 Å². The van der Waals surface area contributed by atoms with Gasteiger partial charge in [0.05, 0.1) is 23.3 Å². The van der Waals surface area contributed by atoms with Crippen LogP contribution in [0.1, 0.15) is 19.4 Å². The largest absolute Gasteiger partial charge is 0.494 e. The van der Waals surface area contributed by atoms with Gasteiger partial charge in [-0.05, 0) is 41.6 Å². The molecule has 0 spiro atoms. The van der Waals surface area contributed by atoms with Gasteiger partial charge in [0.1, 0.15) is 11.3 Å². The van der Waals surface area contributed by atoms with Crippen molar-refractivity contribution >= 4 is 67.4 Å². The predicted octanol–water partition coefficient (Wildman–Crippen LogP) is 6.45. The maximum absolute atomic E-state index is 13.7. The van der Waals surface area contributed by atoms with Gasteiger partial charge >= 0.3 is 0 Å². The summed E-state index contributed by atoms with van der Waals surface area (Å²) < 4.78 is 6.32. The topological polar surface area (TPSA) is 45.7 Å². The number of aromatic nitrogens is 1. The summed E-state index contributed by atoms with van der Waals surface area (Å²) in [5.74, 6) is 0.676. The fourth-order valence-corrected chi connectivity index (χ4v) is 5.33. The minimum Gasteiger partial charge on any atom is -0.494 e. The van der Waals surface area contributed by atoms with Gasteiger partial charge in [0, 0.05) is 13.1 Å². The number of carbonyl (C=O) groups is 1. The quantitative estimate of drug-likeness (QED) is 0.256. The normalized spacial score (nSPS) is 11.1. The highest BCUT2D eigenvalue weighted by atomic mass is 35.5. The molecule has 0 radical (unpaired) electrons. The first kappa shape index (κ1) is 26.2. The highest BCUT2D eigenvalue weighted by Gasteiger charge is 2.23. The lowest BCUT2D eigenvalue weighted by Gasteiger charge is -2.25. The number of methoxy groups -OCH3 is 1. The summed E-state index contributed by atoms with van der Waals surface area (Å²) in [5.41, 5.74) is 1.71. The van der Waals surface area contributed by atoms with E-state index in [0.29, 0.717) is 34.4 Å². The molecule has 0 saturated heterocycles. The number of hydrogen-bond donors (Lipinski definition) is 0. The summed E-state index contributed by atoms with van der Waals surface area (Å²) in [5, 5.41) is 3.49. The van der Waals surface area contributed by atoms with Gasteiger partial charge in [0.25, 0.3) is 0 Å². The second kappa shape index (κ2) is 11.8. The third-order valence-corrected chi connectivity index (χ3v) is 7.49. The summed E-state index contributed by atoms with van der Waals surface area (Å²) in [6.07, 6.45) is 0.306. The average molecular weight is 519 g/mol. The van der Waals surface area contributed by atoms with E-state index in [1.54, 1.807) is 12.0 Å². The van der Waals surface area contributed by atoms with Crippen LogP contribution in [0.4, 0.5) is 5.13 Å². The molecule has 5 nitrogen and oxygen atoms in total. The molecule has 0 fully saturated rings. The molecule has 8 heteroatoms. The van der Waals surface area contributed by atoms with Crippen molar-refractivity contribution in [1.82, 2.24) is 9.88 Å². The zero-order valence-electron chi connectivity index (χ0n) is 19.6. The van der Waals surface area contributed by atoms with Crippen LogP contribution in [0.2, 0.25) is 5.02 Å².